The molecule has 11 heteroatoms. The van der Waals surface area contributed by atoms with Gasteiger partial charge in [-0.3, -0.25) is 18.6 Å². The Morgan fingerprint density at radius 1 is 0.553 bits per heavy atom. The van der Waals surface area contributed by atoms with E-state index in [1.807, 2.05) is 0 Å². The molecule has 0 aromatic carbocycles. The molecule has 0 aliphatic carbocycles. The number of hydrogen-bond donors (Lipinski definition) is 3. The smallest absolute Gasteiger partial charge is 0.457 e. The third-order valence-corrected chi connectivity index (χ3v) is 8.93. The highest BCUT2D eigenvalue weighted by Gasteiger charge is 2.27. The molecule has 0 radical (unpaired) electrons. The molecule has 3 atom stereocenters. The maximum atomic E-state index is 12.3. The molecule has 0 aromatic rings. The molecule has 278 valence electrons. The lowest BCUT2D eigenvalue weighted by atomic mass is 10.1. The second-order valence-electron chi connectivity index (χ2n) is 12.6. The number of rotatable bonds is 35. The molecule has 47 heavy (non-hydrogen) atoms. The van der Waals surface area contributed by atoms with E-state index in [-0.39, 0.29) is 12.8 Å². The van der Waals surface area contributed by atoms with Gasteiger partial charge >= 0.3 is 19.8 Å². The minimum absolute atomic E-state index is 0.185. The Kier molecular flexibility index (Phi) is 32.3. The number of carbonyl (C=O) groups is 2. The summed E-state index contributed by atoms with van der Waals surface area (Å²) in [7, 11) is -4.62. The lowest BCUT2D eigenvalue weighted by Crippen LogP contribution is -2.28. The fourth-order valence-electron chi connectivity index (χ4n) is 5.05. The van der Waals surface area contributed by atoms with Crippen molar-refractivity contribution < 1.29 is 47.8 Å². The highest BCUT2D eigenvalue weighted by atomic mass is 31.2. The third-order valence-electron chi connectivity index (χ3n) is 7.98. The summed E-state index contributed by atoms with van der Waals surface area (Å²) in [6.07, 6.45) is 27.6. The van der Waals surface area contributed by atoms with Crippen LogP contribution < -0.4 is 0 Å². The van der Waals surface area contributed by atoms with Crippen LogP contribution in [0.1, 0.15) is 168 Å². The van der Waals surface area contributed by atoms with Crippen LogP contribution in [0.4, 0.5) is 0 Å². The molecule has 0 saturated carbocycles. The summed E-state index contributed by atoms with van der Waals surface area (Å²) < 4.78 is 32.4. The van der Waals surface area contributed by atoms with E-state index in [1.165, 1.54) is 70.6 Å². The standard InChI is InChI=1S/C36H69O10P/c1-3-5-7-9-11-13-15-16-18-20-22-24-26-28-36(40)46-34(30-38)32-44-47(41,42)43-31-33(29-37)45-35(39)27-25-23-21-19-17-14-12-10-8-6-4-2/h13,15,33-34,37-38H,3-12,14,16-32H2,1-2H3,(H,41,42)/b15-13-. The number of allylic oxidation sites excluding steroid dienone is 2. The van der Waals surface area contributed by atoms with E-state index in [4.69, 9.17) is 18.5 Å². The summed E-state index contributed by atoms with van der Waals surface area (Å²) in [5.41, 5.74) is 0. The molecule has 10 nitrogen and oxygen atoms in total. The number of ether oxygens (including phenoxy) is 2. The summed E-state index contributed by atoms with van der Waals surface area (Å²) in [5.74, 6) is -1.03. The topological polar surface area (TPSA) is 149 Å². The van der Waals surface area contributed by atoms with Crippen LogP contribution in [0.5, 0.6) is 0 Å². The second-order valence-corrected chi connectivity index (χ2v) is 14.0. The molecule has 3 unspecified atom stereocenters. The van der Waals surface area contributed by atoms with E-state index >= 15 is 0 Å². The summed E-state index contributed by atoms with van der Waals surface area (Å²) in [4.78, 5) is 34.3. The van der Waals surface area contributed by atoms with Gasteiger partial charge in [-0.2, -0.15) is 0 Å². The van der Waals surface area contributed by atoms with Crippen molar-refractivity contribution in [2.45, 2.75) is 180 Å². The molecule has 0 bridgehead atoms. The molecule has 0 amide bonds. The van der Waals surface area contributed by atoms with Crippen LogP contribution in [0.3, 0.4) is 0 Å². The highest BCUT2D eigenvalue weighted by molar-refractivity contribution is 7.47. The van der Waals surface area contributed by atoms with Crippen LogP contribution in [-0.4, -0.2) is 65.7 Å². The first-order valence-electron chi connectivity index (χ1n) is 18.6. The van der Waals surface area contributed by atoms with Gasteiger partial charge in [-0.25, -0.2) is 4.57 Å². The summed E-state index contributed by atoms with van der Waals surface area (Å²) >= 11 is 0. The van der Waals surface area contributed by atoms with E-state index < -0.39 is 58.4 Å². The van der Waals surface area contributed by atoms with Gasteiger partial charge in [0.1, 0.15) is 12.2 Å². The van der Waals surface area contributed by atoms with Crippen LogP contribution in [0.15, 0.2) is 12.2 Å². The molecule has 0 aromatic heterocycles. The zero-order chi connectivity index (χ0) is 34.9. The Hall–Kier alpha value is -1.29. The second kappa shape index (κ2) is 33.2. The zero-order valence-electron chi connectivity index (χ0n) is 29.8. The number of phosphoric ester groups is 1. The fraction of sp³-hybridized carbons (Fsp3) is 0.889. The van der Waals surface area contributed by atoms with E-state index in [2.05, 4.69) is 26.0 Å². The summed E-state index contributed by atoms with van der Waals surface area (Å²) in [5, 5.41) is 19.0. The number of carbonyl (C=O) groups excluding carboxylic acids is 2. The number of aliphatic hydroxyl groups excluding tert-OH is 2. The number of aliphatic hydroxyl groups is 2. The third kappa shape index (κ3) is 31.7. The fourth-order valence-corrected chi connectivity index (χ4v) is 5.83. The number of hydrogen-bond acceptors (Lipinski definition) is 9. The van der Waals surface area contributed by atoms with Gasteiger partial charge in [0.25, 0.3) is 0 Å². The molecule has 0 rings (SSSR count). The first kappa shape index (κ1) is 45.7. The number of esters is 2. The monoisotopic (exact) mass is 692 g/mol. The van der Waals surface area contributed by atoms with Gasteiger partial charge in [-0.1, -0.05) is 129 Å². The van der Waals surface area contributed by atoms with Crippen LogP contribution in [0.25, 0.3) is 0 Å². The zero-order valence-corrected chi connectivity index (χ0v) is 30.6. The molecule has 0 saturated heterocycles. The van der Waals surface area contributed by atoms with Gasteiger partial charge in [0.05, 0.1) is 26.4 Å². The molecule has 0 aliphatic rings. The van der Waals surface area contributed by atoms with Crippen molar-refractivity contribution in [3.63, 3.8) is 0 Å². The van der Waals surface area contributed by atoms with E-state index in [9.17, 15) is 29.3 Å². The quantitative estimate of drug-likeness (QED) is 0.0254. The normalized spacial score (nSPS) is 14.2. The predicted octanol–water partition coefficient (Wildman–Crippen LogP) is 8.89. The number of phosphoric acid groups is 1. The summed E-state index contributed by atoms with van der Waals surface area (Å²) in [6.45, 7) is 2.16. The average Bonchev–Trinajstić information content (AvgIpc) is 3.05. The Bertz CT molecular complexity index is 807. The van der Waals surface area contributed by atoms with E-state index in [0.717, 1.165) is 57.8 Å². The molecule has 3 N–H and O–H groups in total. The minimum atomic E-state index is -4.62. The van der Waals surface area contributed by atoms with Crippen molar-refractivity contribution in [1.82, 2.24) is 0 Å². The maximum absolute atomic E-state index is 12.3. The maximum Gasteiger partial charge on any atom is 0.472 e. The van der Waals surface area contributed by atoms with Gasteiger partial charge in [-0.05, 0) is 38.5 Å². The van der Waals surface area contributed by atoms with Gasteiger partial charge in [0.2, 0.25) is 0 Å². The average molecular weight is 693 g/mol. The Balaban J connectivity index is 4.00. The van der Waals surface area contributed by atoms with Crippen LogP contribution in [0, 0.1) is 0 Å². The molecule has 0 heterocycles. The van der Waals surface area contributed by atoms with E-state index in [0.29, 0.717) is 12.8 Å². The van der Waals surface area contributed by atoms with Crippen molar-refractivity contribution in [2.24, 2.45) is 0 Å². The molecule has 0 fully saturated rings. The first-order chi connectivity index (χ1) is 22.8. The van der Waals surface area contributed by atoms with Crippen molar-refractivity contribution in [3.8, 4) is 0 Å². The van der Waals surface area contributed by atoms with Crippen LogP contribution >= 0.6 is 7.82 Å². The predicted molar refractivity (Wildman–Crippen MR) is 187 cm³/mol. The van der Waals surface area contributed by atoms with Gasteiger partial charge < -0.3 is 24.6 Å². The van der Waals surface area contributed by atoms with E-state index in [1.54, 1.807) is 0 Å². The molecule has 0 spiro atoms. The van der Waals surface area contributed by atoms with Gasteiger partial charge in [-0.15, -0.1) is 0 Å². The van der Waals surface area contributed by atoms with Crippen molar-refractivity contribution >= 4 is 19.8 Å². The number of unbranched alkanes of at least 4 members (excludes halogenated alkanes) is 19. The molecule has 0 aliphatic heterocycles. The van der Waals surface area contributed by atoms with Crippen LogP contribution in [0.2, 0.25) is 0 Å². The first-order valence-corrected chi connectivity index (χ1v) is 20.1. The van der Waals surface area contributed by atoms with Crippen molar-refractivity contribution in [1.29, 1.82) is 0 Å². The van der Waals surface area contributed by atoms with Gasteiger partial charge in [0, 0.05) is 12.8 Å². The SMILES string of the molecule is CCCCCC/C=C\CCCCCCCC(=O)OC(CO)COP(=O)(O)OCC(CO)OC(=O)CCCCCCCCCCCCC. The minimum Gasteiger partial charge on any atom is -0.457 e. The van der Waals surface area contributed by atoms with Crippen molar-refractivity contribution in [2.75, 3.05) is 26.4 Å². The highest BCUT2D eigenvalue weighted by Crippen LogP contribution is 2.43. The van der Waals surface area contributed by atoms with Gasteiger partial charge in [0.15, 0.2) is 0 Å². The van der Waals surface area contributed by atoms with Crippen molar-refractivity contribution in [3.05, 3.63) is 12.2 Å². The lowest BCUT2D eigenvalue weighted by Gasteiger charge is -2.20. The largest absolute Gasteiger partial charge is 0.472 e. The summed E-state index contributed by atoms with van der Waals surface area (Å²) in [6, 6.07) is 0. The Morgan fingerprint density at radius 3 is 1.23 bits per heavy atom. The Morgan fingerprint density at radius 2 is 0.872 bits per heavy atom. The molecular weight excluding hydrogens is 623 g/mol. The molecular formula is C36H69O10P. The lowest BCUT2D eigenvalue weighted by molar-refractivity contribution is -0.153. The Labute approximate surface area is 286 Å². The van der Waals surface area contributed by atoms with Crippen LogP contribution in [-0.2, 0) is 32.7 Å².